The number of aromatic nitrogens is 3. The average Bonchev–Trinajstić information content (AvgIpc) is 3.27. The lowest BCUT2D eigenvalue weighted by Crippen LogP contribution is -2.43. The van der Waals surface area contributed by atoms with Crippen LogP contribution in [0, 0.1) is 0 Å². The largest absolute Gasteiger partial charge is 0.366 e. The molecule has 0 aliphatic carbocycles. The number of rotatable bonds is 5. The summed E-state index contributed by atoms with van der Waals surface area (Å²) in [6.45, 7) is 1.01. The van der Waals surface area contributed by atoms with E-state index in [9.17, 15) is 13.2 Å². The van der Waals surface area contributed by atoms with Crippen LogP contribution >= 0.6 is 0 Å². The molecule has 3 aromatic rings. The zero-order valence-electron chi connectivity index (χ0n) is 15.7. The van der Waals surface area contributed by atoms with Crippen molar-refractivity contribution in [3.05, 3.63) is 72.2 Å². The molecule has 0 atom stereocenters. The van der Waals surface area contributed by atoms with E-state index in [1.54, 1.807) is 23.2 Å². The Balaban J connectivity index is 1.40. The number of para-hydroxylation sites is 1. The number of hydrogen-bond acceptors (Lipinski definition) is 6. The summed E-state index contributed by atoms with van der Waals surface area (Å²) >= 11 is 0. The summed E-state index contributed by atoms with van der Waals surface area (Å²) in [5, 5.41) is 7.54. The molecule has 9 heteroatoms. The van der Waals surface area contributed by atoms with E-state index in [1.807, 2.05) is 41.2 Å². The van der Waals surface area contributed by atoms with Gasteiger partial charge in [0, 0.05) is 38.2 Å². The van der Waals surface area contributed by atoms with E-state index in [-0.39, 0.29) is 30.5 Å². The number of amides is 1. The quantitative estimate of drug-likeness (QED) is 0.687. The first-order valence-electron chi connectivity index (χ1n) is 9.29. The molecule has 0 radical (unpaired) electrons. The van der Waals surface area contributed by atoms with E-state index in [0.717, 1.165) is 11.3 Å². The maximum absolute atomic E-state index is 12.5. The molecular weight excluding hydrogens is 390 g/mol. The molecule has 150 valence electrons. The second-order valence-electron chi connectivity index (χ2n) is 6.81. The van der Waals surface area contributed by atoms with Crippen LogP contribution in [0.2, 0.25) is 0 Å². The Morgan fingerprint density at radius 3 is 2.55 bits per heavy atom. The van der Waals surface area contributed by atoms with Crippen LogP contribution in [0.15, 0.2) is 61.1 Å². The SMILES string of the molecule is O=C(c1ccc(NCc2ccccc2-n2cccn2)nc1)N1CCS(=O)(=O)CC1. The highest BCUT2D eigenvalue weighted by molar-refractivity contribution is 7.91. The highest BCUT2D eigenvalue weighted by Gasteiger charge is 2.25. The van der Waals surface area contributed by atoms with E-state index < -0.39 is 9.84 Å². The van der Waals surface area contributed by atoms with E-state index in [4.69, 9.17) is 0 Å². The van der Waals surface area contributed by atoms with Gasteiger partial charge in [-0.25, -0.2) is 18.1 Å². The lowest BCUT2D eigenvalue weighted by Gasteiger charge is -2.26. The van der Waals surface area contributed by atoms with E-state index in [2.05, 4.69) is 15.4 Å². The number of anilines is 1. The van der Waals surface area contributed by atoms with Crippen LogP contribution < -0.4 is 5.32 Å². The van der Waals surface area contributed by atoms with Gasteiger partial charge in [-0.05, 0) is 29.8 Å². The van der Waals surface area contributed by atoms with Crippen molar-refractivity contribution in [2.75, 3.05) is 29.9 Å². The van der Waals surface area contributed by atoms with Crippen LogP contribution in [-0.2, 0) is 16.4 Å². The Morgan fingerprint density at radius 1 is 1.07 bits per heavy atom. The summed E-state index contributed by atoms with van der Waals surface area (Å²) in [6.07, 6.45) is 5.15. The van der Waals surface area contributed by atoms with Gasteiger partial charge in [0.1, 0.15) is 5.82 Å². The summed E-state index contributed by atoms with van der Waals surface area (Å²) in [7, 11) is -3.02. The Labute approximate surface area is 169 Å². The van der Waals surface area contributed by atoms with Crippen LogP contribution in [0.1, 0.15) is 15.9 Å². The van der Waals surface area contributed by atoms with E-state index >= 15 is 0 Å². The number of pyridine rings is 1. The summed E-state index contributed by atoms with van der Waals surface area (Å²) < 4.78 is 24.9. The van der Waals surface area contributed by atoms with Gasteiger partial charge >= 0.3 is 0 Å². The molecule has 0 unspecified atom stereocenters. The van der Waals surface area contributed by atoms with Crippen molar-refractivity contribution >= 4 is 21.6 Å². The summed E-state index contributed by atoms with van der Waals surface area (Å²) in [6, 6.07) is 13.3. The van der Waals surface area contributed by atoms with Crippen molar-refractivity contribution in [3.8, 4) is 5.69 Å². The molecule has 1 aromatic carbocycles. The Kier molecular flexibility index (Phi) is 5.30. The van der Waals surface area contributed by atoms with Gasteiger partial charge in [-0.1, -0.05) is 18.2 Å². The van der Waals surface area contributed by atoms with Crippen LogP contribution in [0.5, 0.6) is 0 Å². The molecule has 29 heavy (non-hydrogen) atoms. The highest BCUT2D eigenvalue weighted by Crippen LogP contribution is 2.16. The number of hydrogen-bond donors (Lipinski definition) is 1. The molecule has 3 heterocycles. The normalized spacial score (nSPS) is 15.8. The van der Waals surface area contributed by atoms with Crippen molar-refractivity contribution in [1.29, 1.82) is 0 Å². The molecule has 0 bridgehead atoms. The molecule has 2 aromatic heterocycles. The van der Waals surface area contributed by atoms with Crippen LogP contribution in [0.3, 0.4) is 0 Å². The predicted octanol–water partition coefficient (Wildman–Crippen LogP) is 1.75. The monoisotopic (exact) mass is 411 g/mol. The zero-order chi connectivity index (χ0) is 20.3. The maximum atomic E-state index is 12.5. The third-order valence-electron chi connectivity index (χ3n) is 4.84. The number of nitrogens with one attached hydrogen (secondary N) is 1. The summed E-state index contributed by atoms with van der Waals surface area (Å²) in [5.41, 5.74) is 2.50. The second-order valence-corrected chi connectivity index (χ2v) is 9.11. The van der Waals surface area contributed by atoms with Gasteiger partial charge in [0.15, 0.2) is 9.84 Å². The molecule has 8 nitrogen and oxygen atoms in total. The Bertz CT molecular complexity index is 1080. The first-order chi connectivity index (χ1) is 14.0. The predicted molar refractivity (Wildman–Crippen MR) is 110 cm³/mol. The lowest BCUT2D eigenvalue weighted by atomic mass is 10.1. The molecule has 0 saturated carbocycles. The topological polar surface area (TPSA) is 97.2 Å². The first kappa shape index (κ1) is 19.1. The van der Waals surface area contributed by atoms with Crippen molar-refractivity contribution < 1.29 is 13.2 Å². The number of carbonyl (C=O) groups excluding carboxylic acids is 1. The molecule has 1 saturated heterocycles. The average molecular weight is 411 g/mol. The summed E-state index contributed by atoms with van der Waals surface area (Å²) in [4.78, 5) is 18.4. The fraction of sp³-hybridized carbons (Fsp3) is 0.250. The Hall–Kier alpha value is -3.20. The van der Waals surface area contributed by atoms with E-state index in [1.165, 1.54) is 6.20 Å². The van der Waals surface area contributed by atoms with Crippen LogP contribution in [-0.4, -0.2) is 58.6 Å². The minimum atomic E-state index is -3.02. The zero-order valence-corrected chi connectivity index (χ0v) is 16.5. The molecule has 1 amide bonds. The molecule has 1 N–H and O–H groups in total. The molecule has 0 spiro atoms. The van der Waals surface area contributed by atoms with Crippen molar-refractivity contribution in [2.45, 2.75) is 6.54 Å². The van der Waals surface area contributed by atoms with Gasteiger partial charge < -0.3 is 10.2 Å². The first-order valence-corrected chi connectivity index (χ1v) is 11.1. The number of nitrogens with zero attached hydrogens (tertiary/aromatic N) is 4. The minimum absolute atomic E-state index is 0.0153. The second kappa shape index (κ2) is 8.04. The van der Waals surface area contributed by atoms with Gasteiger partial charge in [0.25, 0.3) is 5.91 Å². The Morgan fingerprint density at radius 2 is 1.86 bits per heavy atom. The number of sulfone groups is 1. The standard InChI is InChI=1S/C20H21N5O3S/c26-20(24-10-12-29(27,28)13-11-24)17-6-7-19(22-15-17)21-14-16-4-1-2-5-18(16)25-9-3-8-23-25/h1-9,15H,10-14H2,(H,21,22). The molecular formula is C20H21N5O3S. The van der Waals surface area contributed by atoms with Crippen molar-refractivity contribution in [1.82, 2.24) is 19.7 Å². The molecule has 1 aliphatic heterocycles. The van der Waals surface area contributed by atoms with Gasteiger partial charge in [-0.15, -0.1) is 0 Å². The molecule has 1 fully saturated rings. The fourth-order valence-electron chi connectivity index (χ4n) is 3.20. The highest BCUT2D eigenvalue weighted by atomic mass is 32.2. The molecule has 1 aliphatic rings. The van der Waals surface area contributed by atoms with Crippen LogP contribution in [0.25, 0.3) is 5.69 Å². The third-order valence-corrected chi connectivity index (χ3v) is 6.45. The summed E-state index contributed by atoms with van der Waals surface area (Å²) in [5.74, 6) is 0.490. The third kappa shape index (κ3) is 4.45. The van der Waals surface area contributed by atoms with Crippen molar-refractivity contribution in [2.24, 2.45) is 0 Å². The minimum Gasteiger partial charge on any atom is -0.366 e. The van der Waals surface area contributed by atoms with Gasteiger partial charge in [0.2, 0.25) is 0 Å². The maximum Gasteiger partial charge on any atom is 0.255 e. The van der Waals surface area contributed by atoms with Gasteiger partial charge in [0.05, 0.1) is 22.8 Å². The smallest absolute Gasteiger partial charge is 0.255 e. The van der Waals surface area contributed by atoms with Crippen LogP contribution in [0.4, 0.5) is 5.82 Å². The van der Waals surface area contributed by atoms with E-state index in [0.29, 0.717) is 17.9 Å². The number of carbonyl (C=O) groups is 1. The van der Waals surface area contributed by atoms with Crippen molar-refractivity contribution in [3.63, 3.8) is 0 Å². The molecule has 4 rings (SSSR count). The lowest BCUT2D eigenvalue weighted by molar-refractivity contribution is 0.0770. The van der Waals surface area contributed by atoms with Gasteiger partial charge in [-0.3, -0.25) is 4.79 Å². The fourth-order valence-corrected chi connectivity index (χ4v) is 4.41. The number of benzene rings is 1. The van der Waals surface area contributed by atoms with Gasteiger partial charge in [-0.2, -0.15) is 5.10 Å².